The maximum absolute atomic E-state index is 13.9. The molecule has 0 aliphatic rings. The molecular weight excluding hydrogens is 317 g/mol. The van der Waals surface area contributed by atoms with Crippen LogP contribution in [0.5, 0.6) is 0 Å². The van der Waals surface area contributed by atoms with Crippen molar-refractivity contribution in [2.24, 2.45) is 0 Å². The van der Waals surface area contributed by atoms with Gasteiger partial charge in [0, 0.05) is 5.56 Å². The number of hydrogen-bond acceptors (Lipinski definition) is 4. The summed E-state index contributed by atoms with van der Waals surface area (Å²) < 4.78 is 15.3. The average Bonchev–Trinajstić information content (AvgIpc) is 2.98. The zero-order valence-electron chi connectivity index (χ0n) is 13.0. The normalized spacial score (nSPS) is 10.9. The van der Waals surface area contributed by atoms with Crippen molar-refractivity contribution in [3.8, 4) is 17.8 Å². The first-order valence-corrected chi connectivity index (χ1v) is 7.36. The molecule has 0 aliphatic carbocycles. The molecule has 0 unspecified atom stereocenters. The van der Waals surface area contributed by atoms with Crippen LogP contribution in [0.15, 0.2) is 54.6 Å². The van der Waals surface area contributed by atoms with Crippen molar-refractivity contribution in [3.63, 3.8) is 0 Å². The Morgan fingerprint density at radius 1 is 1.08 bits per heavy atom. The van der Waals surface area contributed by atoms with Crippen molar-refractivity contribution >= 4 is 17.5 Å². The summed E-state index contributed by atoms with van der Waals surface area (Å²) >= 11 is 0. The second-order valence-corrected chi connectivity index (χ2v) is 5.16. The Balaban J connectivity index is 2.18. The molecule has 25 heavy (non-hydrogen) atoms. The van der Waals surface area contributed by atoms with E-state index in [4.69, 9.17) is 5.73 Å². The molecular formula is C19H12FN5. The monoisotopic (exact) mass is 329 g/mol. The summed E-state index contributed by atoms with van der Waals surface area (Å²) in [5.41, 5.74) is 7.18. The van der Waals surface area contributed by atoms with Gasteiger partial charge < -0.3 is 5.73 Å². The predicted molar refractivity (Wildman–Crippen MR) is 92.6 cm³/mol. The third-order valence-electron chi connectivity index (χ3n) is 3.61. The van der Waals surface area contributed by atoms with Gasteiger partial charge in [-0.25, -0.2) is 9.07 Å². The highest BCUT2D eigenvalue weighted by molar-refractivity contribution is 5.91. The van der Waals surface area contributed by atoms with Gasteiger partial charge in [0.1, 0.15) is 35.0 Å². The lowest BCUT2D eigenvalue weighted by Gasteiger charge is -2.02. The van der Waals surface area contributed by atoms with Crippen LogP contribution in [0.1, 0.15) is 16.8 Å². The van der Waals surface area contributed by atoms with Crippen molar-refractivity contribution in [2.75, 3.05) is 5.73 Å². The lowest BCUT2D eigenvalue weighted by atomic mass is 10.1. The summed E-state index contributed by atoms with van der Waals surface area (Å²) in [6, 6.07) is 19.0. The van der Waals surface area contributed by atoms with Crippen LogP contribution in [0.4, 0.5) is 10.2 Å². The van der Waals surface area contributed by atoms with Gasteiger partial charge in [0.2, 0.25) is 0 Å². The number of nitrogens with two attached hydrogens (primary N) is 1. The highest BCUT2D eigenvalue weighted by Gasteiger charge is 2.20. The van der Waals surface area contributed by atoms with E-state index in [0.717, 1.165) is 0 Å². The third kappa shape index (κ3) is 2.97. The molecule has 3 rings (SSSR count). The SMILES string of the molecule is N#CC(=Cc1ccccc1F)c1nn(-c2ccccc2)c(N)c1C#N. The number of nitriles is 2. The molecule has 0 atom stereocenters. The number of para-hydroxylation sites is 1. The van der Waals surface area contributed by atoms with E-state index in [1.165, 1.54) is 22.9 Å². The van der Waals surface area contributed by atoms with E-state index in [1.54, 1.807) is 24.3 Å². The minimum absolute atomic E-state index is 0.0584. The molecule has 3 aromatic rings. The minimum Gasteiger partial charge on any atom is -0.382 e. The van der Waals surface area contributed by atoms with Crippen LogP contribution in [-0.4, -0.2) is 9.78 Å². The lowest BCUT2D eigenvalue weighted by molar-refractivity contribution is 0.625. The molecule has 0 radical (unpaired) electrons. The average molecular weight is 329 g/mol. The van der Waals surface area contributed by atoms with Crippen molar-refractivity contribution < 1.29 is 4.39 Å². The molecule has 120 valence electrons. The van der Waals surface area contributed by atoms with E-state index in [-0.39, 0.29) is 28.2 Å². The van der Waals surface area contributed by atoms with E-state index in [2.05, 4.69) is 5.10 Å². The summed E-state index contributed by atoms with van der Waals surface area (Å²) in [6.45, 7) is 0. The molecule has 1 heterocycles. The van der Waals surface area contributed by atoms with Gasteiger partial charge in [-0.3, -0.25) is 0 Å². The molecule has 2 N–H and O–H groups in total. The standard InChI is InChI=1S/C19H12FN5/c20-17-9-5-4-6-13(17)10-14(11-21)18-16(12-22)19(23)25(24-18)15-7-2-1-3-8-15/h1-10H,23H2. The number of allylic oxidation sites excluding steroid dienone is 1. The highest BCUT2D eigenvalue weighted by atomic mass is 19.1. The second kappa shape index (κ2) is 6.69. The Morgan fingerprint density at radius 2 is 1.76 bits per heavy atom. The highest BCUT2D eigenvalue weighted by Crippen LogP contribution is 2.27. The molecule has 5 nitrogen and oxygen atoms in total. The fourth-order valence-electron chi connectivity index (χ4n) is 2.40. The third-order valence-corrected chi connectivity index (χ3v) is 3.61. The number of aromatic nitrogens is 2. The van der Waals surface area contributed by atoms with Gasteiger partial charge >= 0.3 is 0 Å². The molecule has 0 spiro atoms. The number of halogens is 1. The number of nitrogens with zero attached hydrogens (tertiary/aromatic N) is 4. The molecule has 0 saturated heterocycles. The summed E-state index contributed by atoms with van der Waals surface area (Å²) in [4.78, 5) is 0. The maximum Gasteiger partial charge on any atom is 0.145 e. The number of hydrogen-bond donors (Lipinski definition) is 1. The molecule has 1 aromatic heterocycles. The number of rotatable bonds is 3. The number of anilines is 1. The molecule has 2 aromatic carbocycles. The van der Waals surface area contributed by atoms with Gasteiger partial charge in [0.15, 0.2) is 0 Å². The van der Waals surface area contributed by atoms with E-state index in [9.17, 15) is 14.9 Å². The summed E-state index contributed by atoms with van der Waals surface area (Å²) in [5.74, 6) is -0.345. The zero-order valence-corrected chi connectivity index (χ0v) is 13.0. The van der Waals surface area contributed by atoms with Crippen LogP contribution in [0.3, 0.4) is 0 Å². The summed E-state index contributed by atoms with van der Waals surface area (Å²) in [7, 11) is 0. The van der Waals surface area contributed by atoms with Gasteiger partial charge in [-0.2, -0.15) is 15.6 Å². The largest absolute Gasteiger partial charge is 0.382 e. The predicted octanol–water partition coefficient (Wildman–Crippen LogP) is 3.53. The van der Waals surface area contributed by atoms with Crippen molar-refractivity contribution in [3.05, 3.63) is 77.2 Å². The van der Waals surface area contributed by atoms with Crippen LogP contribution in [-0.2, 0) is 0 Å². The Kier molecular flexibility index (Phi) is 4.28. The quantitative estimate of drug-likeness (QED) is 0.744. The number of benzene rings is 2. The van der Waals surface area contributed by atoms with Crippen LogP contribution in [0.25, 0.3) is 17.3 Å². The summed E-state index contributed by atoms with van der Waals surface area (Å²) in [6.07, 6.45) is 1.35. The first kappa shape index (κ1) is 16.0. The van der Waals surface area contributed by atoms with Crippen LogP contribution >= 0.6 is 0 Å². The van der Waals surface area contributed by atoms with Gasteiger partial charge in [0.25, 0.3) is 0 Å². The van der Waals surface area contributed by atoms with Crippen molar-refractivity contribution in [2.45, 2.75) is 0 Å². The van der Waals surface area contributed by atoms with E-state index in [0.29, 0.717) is 5.69 Å². The van der Waals surface area contributed by atoms with Gasteiger partial charge in [0.05, 0.1) is 11.3 Å². The Hall–Kier alpha value is -3.90. The van der Waals surface area contributed by atoms with E-state index < -0.39 is 5.82 Å². The fourth-order valence-corrected chi connectivity index (χ4v) is 2.40. The van der Waals surface area contributed by atoms with Crippen molar-refractivity contribution in [1.29, 1.82) is 10.5 Å². The second-order valence-electron chi connectivity index (χ2n) is 5.16. The first-order valence-electron chi connectivity index (χ1n) is 7.36. The Morgan fingerprint density at radius 3 is 2.40 bits per heavy atom. The van der Waals surface area contributed by atoms with E-state index in [1.807, 2.05) is 30.3 Å². The maximum atomic E-state index is 13.9. The molecule has 0 amide bonds. The fraction of sp³-hybridized carbons (Fsp3) is 0. The molecule has 0 aliphatic heterocycles. The lowest BCUT2D eigenvalue weighted by Crippen LogP contribution is -2.02. The smallest absolute Gasteiger partial charge is 0.145 e. The Labute approximate surface area is 143 Å². The van der Waals surface area contributed by atoms with E-state index >= 15 is 0 Å². The first-order chi connectivity index (χ1) is 12.2. The van der Waals surface area contributed by atoms with Crippen LogP contribution in [0.2, 0.25) is 0 Å². The molecule has 0 bridgehead atoms. The molecule has 6 heteroatoms. The summed E-state index contributed by atoms with van der Waals surface area (Å²) in [5, 5.41) is 23.2. The minimum atomic E-state index is -0.468. The van der Waals surface area contributed by atoms with Gasteiger partial charge in [-0.05, 0) is 24.3 Å². The number of nitrogen functional groups attached to an aromatic ring is 1. The Bertz CT molecular complexity index is 1040. The van der Waals surface area contributed by atoms with Crippen LogP contribution in [0, 0.1) is 28.5 Å². The molecule has 0 saturated carbocycles. The van der Waals surface area contributed by atoms with Gasteiger partial charge in [-0.15, -0.1) is 0 Å². The topological polar surface area (TPSA) is 91.4 Å². The van der Waals surface area contributed by atoms with Crippen molar-refractivity contribution in [1.82, 2.24) is 9.78 Å². The van der Waals surface area contributed by atoms with Crippen LogP contribution < -0.4 is 5.73 Å². The zero-order chi connectivity index (χ0) is 17.8. The van der Waals surface area contributed by atoms with Gasteiger partial charge in [-0.1, -0.05) is 36.4 Å². The molecule has 0 fully saturated rings.